The Hall–Kier alpha value is -2.28. The van der Waals surface area contributed by atoms with E-state index in [-0.39, 0.29) is 5.69 Å². The Labute approximate surface area is 103 Å². The maximum absolute atomic E-state index is 10.8. The predicted octanol–water partition coefficient (Wildman–Crippen LogP) is 1.67. The van der Waals surface area contributed by atoms with Crippen LogP contribution in [0.25, 0.3) is 11.5 Å². The van der Waals surface area contributed by atoms with Crippen molar-refractivity contribution in [2.45, 2.75) is 13.5 Å². The molecule has 2 aromatic rings. The lowest BCUT2D eigenvalue weighted by molar-refractivity contribution is -0.385. The number of hydrogen-bond acceptors (Lipinski definition) is 6. The first-order valence-electron chi connectivity index (χ1n) is 5.35. The summed E-state index contributed by atoms with van der Waals surface area (Å²) in [6, 6.07) is 4.77. The van der Waals surface area contributed by atoms with Crippen LogP contribution in [0.15, 0.2) is 22.6 Å². The van der Waals surface area contributed by atoms with E-state index < -0.39 is 4.92 Å². The summed E-state index contributed by atoms with van der Waals surface area (Å²) in [4.78, 5) is 10.4. The lowest BCUT2D eigenvalue weighted by atomic mass is 10.1. The van der Waals surface area contributed by atoms with Gasteiger partial charge in [-0.2, -0.15) is 0 Å². The molecule has 0 bridgehead atoms. The van der Waals surface area contributed by atoms with E-state index in [0.717, 1.165) is 0 Å². The fourth-order valence-corrected chi connectivity index (χ4v) is 1.64. The molecular weight excluding hydrogens is 236 g/mol. The zero-order valence-corrected chi connectivity index (χ0v) is 10.0. The summed E-state index contributed by atoms with van der Waals surface area (Å²) in [7, 11) is 1.77. The fraction of sp³-hybridized carbons (Fsp3) is 0.273. The summed E-state index contributed by atoms with van der Waals surface area (Å²) >= 11 is 0. The number of benzene rings is 1. The van der Waals surface area contributed by atoms with Gasteiger partial charge in [0, 0.05) is 17.2 Å². The molecule has 2 rings (SSSR count). The normalized spacial score (nSPS) is 10.6. The van der Waals surface area contributed by atoms with Crippen molar-refractivity contribution in [2.24, 2.45) is 0 Å². The molecular formula is C11H12N4O3. The molecule has 1 aromatic heterocycles. The van der Waals surface area contributed by atoms with Gasteiger partial charge in [0.1, 0.15) is 0 Å². The molecule has 0 saturated heterocycles. The van der Waals surface area contributed by atoms with Gasteiger partial charge in [0.25, 0.3) is 5.69 Å². The molecule has 1 aromatic carbocycles. The summed E-state index contributed by atoms with van der Waals surface area (Å²) < 4.78 is 5.42. The number of nitrogens with zero attached hydrogens (tertiary/aromatic N) is 3. The Morgan fingerprint density at radius 3 is 2.89 bits per heavy atom. The Bertz CT molecular complexity index is 579. The molecule has 0 radical (unpaired) electrons. The first kappa shape index (κ1) is 12.2. The van der Waals surface area contributed by atoms with Gasteiger partial charge in [-0.25, -0.2) is 0 Å². The maximum Gasteiger partial charge on any atom is 0.273 e. The summed E-state index contributed by atoms with van der Waals surface area (Å²) in [6.45, 7) is 2.12. The van der Waals surface area contributed by atoms with Crippen LogP contribution in [0.5, 0.6) is 0 Å². The molecule has 7 heteroatoms. The van der Waals surface area contributed by atoms with Crippen molar-refractivity contribution in [3.63, 3.8) is 0 Å². The van der Waals surface area contributed by atoms with Crippen molar-refractivity contribution >= 4 is 5.69 Å². The number of nitro benzene ring substituents is 1. The number of nitrogens with one attached hydrogen (secondary N) is 1. The second-order valence-electron chi connectivity index (χ2n) is 3.74. The van der Waals surface area contributed by atoms with Gasteiger partial charge in [-0.05, 0) is 20.0 Å². The summed E-state index contributed by atoms with van der Waals surface area (Å²) in [5.41, 5.74) is 1.14. The van der Waals surface area contributed by atoms with E-state index in [0.29, 0.717) is 29.5 Å². The van der Waals surface area contributed by atoms with Crippen molar-refractivity contribution < 1.29 is 9.34 Å². The minimum atomic E-state index is -0.427. The summed E-state index contributed by atoms with van der Waals surface area (Å²) in [5, 5.41) is 21.5. The van der Waals surface area contributed by atoms with Crippen LogP contribution in [0.1, 0.15) is 11.5 Å². The number of rotatable bonds is 4. The highest BCUT2D eigenvalue weighted by Crippen LogP contribution is 2.28. The Morgan fingerprint density at radius 1 is 1.44 bits per heavy atom. The predicted molar refractivity (Wildman–Crippen MR) is 63.9 cm³/mol. The topological polar surface area (TPSA) is 94.1 Å². The second kappa shape index (κ2) is 4.92. The van der Waals surface area contributed by atoms with Crippen LogP contribution in [0.4, 0.5) is 5.69 Å². The zero-order chi connectivity index (χ0) is 13.1. The van der Waals surface area contributed by atoms with Crippen LogP contribution < -0.4 is 5.32 Å². The molecule has 0 aliphatic rings. The molecule has 18 heavy (non-hydrogen) atoms. The van der Waals surface area contributed by atoms with Gasteiger partial charge in [-0.3, -0.25) is 10.1 Å². The molecule has 1 N–H and O–H groups in total. The van der Waals surface area contributed by atoms with Crippen LogP contribution in [0, 0.1) is 17.0 Å². The van der Waals surface area contributed by atoms with E-state index in [2.05, 4.69) is 15.5 Å². The van der Waals surface area contributed by atoms with E-state index in [9.17, 15) is 10.1 Å². The lowest BCUT2D eigenvalue weighted by Gasteiger charge is -2.01. The van der Waals surface area contributed by atoms with Gasteiger partial charge in [0.2, 0.25) is 11.8 Å². The summed E-state index contributed by atoms with van der Waals surface area (Å²) in [6.07, 6.45) is 0. The van der Waals surface area contributed by atoms with Crippen LogP contribution in [0.2, 0.25) is 0 Å². The molecule has 7 nitrogen and oxygen atoms in total. The highest BCUT2D eigenvalue weighted by Gasteiger charge is 2.17. The lowest BCUT2D eigenvalue weighted by Crippen LogP contribution is -2.04. The van der Waals surface area contributed by atoms with E-state index in [1.807, 2.05) is 0 Å². The maximum atomic E-state index is 10.8. The summed E-state index contributed by atoms with van der Waals surface area (Å²) in [5.74, 6) is 0.736. The smallest absolute Gasteiger partial charge is 0.273 e. The van der Waals surface area contributed by atoms with Crippen molar-refractivity contribution in [1.82, 2.24) is 15.5 Å². The van der Waals surface area contributed by atoms with E-state index in [1.165, 1.54) is 6.07 Å². The van der Waals surface area contributed by atoms with Crippen molar-refractivity contribution in [3.05, 3.63) is 39.8 Å². The van der Waals surface area contributed by atoms with Gasteiger partial charge in [-0.15, -0.1) is 10.2 Å². The van der Waals surface area contributed by atoms with E-state index in [4.69, 9.17) is 4.42 Å². The molecule has 0 spiro atoms. The standard InChI is InChI=1S/C11H12N4O3/c1-7-8(4-3-5-9(7)15(16)17)11-14-13-10(18-11)6-12-2/h3-5,12H,6H2,1-2H3. The van der Waals surface area contributed by atoms with Crippen molar-refractivity contribution in [2.75, 3.05) is 7.05 Å². The quantitative estimate of drug-likeness (QED) is 0.653. The second-order valence-corrected chi connectivity index (χ2v) is 3.74. The molecule has 0 amide bonds. The molecule has 0 atom stereocenters. The molecule has 0 unspecified atom stereocenters. The van der Waals surface area contributed by atoms with Gasteiger partial charge in [0.15, 0.2) is 0 Å². The number of hydrogen-bond donors (Lipinski definition) is 1. The monoisotopic (exact) mass is 248 g/mol. The van der Waals surface area contributed by atoms with Gasteiger partial charge >= 0.3 is 0 Å². The average Bonchev–Trinajstić information content (AvgIpc) is 2.78. The highest BCUT2D eigenvalue weighted by molar-refractivity contribution is 5.64. The first-order valence-corrected chi connectivity index (χ1v) is 5.35. The molecule has 0 saturated carbocycles. The zero-order valence-electron chi connectivity index (χ0n) is 10.0. The molecule has 1 heterocycles. The fourth-order valence-electron chi connectivity index (χ4n) is 1.64. The Balaban J connectivity index is 2.43. The third-order valence-electron chi connectivity index (χ3n) is 2.53. The number of aromatic nitrogens is 2. The molecule has 0 aliphatic carbocycles. The van der Waals surface area contributed by atoms with Crippen LogP contribution >= 0.6 is 0 Å². The third-order valence-corrected chi connectivity index (χ3v) is 2.53. The van der Waals surface area contributed by atoms with Gasteiger partial charge in [0.05, 0.1) is 11.5 Å². The third kappa shape index (κ3) is 2.21. The van der Waals surface area contributed by atoms with Crippen LogP contribution in [-0.2, 0) is 6.54 Å². The first-order chi connectivity index (χ1) is 8.63. The van der Waals surface area contributed by atoms with E-state index >= 15 is 0 Å². The van der Waals surface area contributed by atoms with Gasteiger partial charge < -0.3 is 9.73 Å². The van der Waals surface area contributed by atoms with Crippen LogP contribution in [-0.4, -0.2) is 22.2 Å². The van der Waals surface area contributed by atoms with Gasteiger partial charge in [-0.1, -0.05) is 6.07 Å². The number of nitro groups is 1. The van der Waals surface area contributed by atoms with Crippen molar-refractivity contribution in [1.29, 1.82) is 0 Å². The van der Waals surface area contributed by atoms with Crippen LogP contribution in [0.3, 0.4) is 0 Å². The SMILES string of the molecule is CNCc1nnc(-c2cccc([N+](=O)[O-])c2C)o1. The Kier molecular flexibility index (Phi) is 3.33. The van der Waals surface area contributed by atoms with E-state index in [1.54, 1.807) is 26.1 Å². The Morgan fingerprint density at radius 2 is 2.22 bits per heavy atom. The minimum absolute atomic E-state index is 0.0425. The molecule has 94 valence electrons. The van der Waals surface area contributed by atoms with Crippen molar-refractivity contribution in [3.8, 4) is 11.5 Å². The average molecular weight is 248 g/mol. The largest absolute Gasteiger partial charge is 0.419 e. The highest BCUT2D eigenvalue weighted by atomic mass is 16.6. The molecule has 0 fully saturated rings. The minimum Gasteiger partial charge on any atom is -0.419 e. The molecule has 0 aliphatic heterocycles.